The van der Waals surface area contributed by atoms with Crippen molar-refractivity contribution >= 4 is 5.82 Å². The Morgan fingerprint density at radius 1 is 1.24 bits per heavy atom. The quantitative estimate of drug-likeness (QED) is 0.839. The molecule has 0 atom stereocenters. The second kappa shape index (κ2) is 4.91. The van der Waals surface area contributed by atoms with Crippen molar-refractivity contribution in [2.45, 2.75) is 25.1 Å². The van der Waals surface area contributed by atoms with Crippen LogP contribution in [-0.2, 0) is 6.18 Å². The Morgan fingerprint density at radius 2 is 1.94 bits per heavy atom. The Labute approximate surface area is 97.4 Å². The van der Waals surface area contributed by atoms with Crippen LogP contribution in [0.15, 0.2) is 18.2 Å². The summed E-state index contributed by atoms with van der Waals surface area (Å²) >= 11 is 0. The Balaban J connectivity index is 2.05. The van der Waals surface area contributed by atoms with E-state index in [2.05, 4.69) is 15.6 Å². The summed E-state index contributed by atoms with van der Waals surface area (Å²) in [6, 6.07) is 4.12. The molecule has 0 saturated carbocycles. The highest BCUT2D eigenvalue weighted by atomic mass is 19.4. The Bertz CT molecular complexity index is 372. The second-order valence-corrected chi connectivity index (χ2v) is 4.07. The standard InChI is InChI=1S/C11H14F3N3/c12-11(13,14)9-2-1-3-10(17-9)16-8-4-6-15-7-5-8/h1-3,8,15H,4-7H2,(H,16,17). The van der Waals surface area contributed by atoms with Gasteiger partial charge in [-0.1, -0.05) is 6.07 Å². The number of piperidine rings is 1. The zero-order valence-electron chi connectivity index (χ0n) is 9.22. The Hall–Kier alpha value is -1.30. The van der Waals surface area contributed by atoms with Gasteiger partial charge in [0.2, 0.25) is 0 Å². The van der Waals surface area contributed by atoms with Gasteiger partial charge in [-0.3, -0.25) is 0 Å². The Morgan fingerprint density at radius 3 is 2.59 bits per heavy atom. The van der Waals surface area contributed by atoms with Crippen molar-refractivity contribution < 1.29 is 13.2 Å². The van der Waals surface area contributed by atoms with Gasteiger partial charge in [-0.05, 0) is 38.1 Å². The van der Waals surface area contributed by atoms with E-state index in [0.29, 0.717) is 5.82 Å². The number of pyridine rings is 1. The van der Waals surface area contributed by atoms with Crippen LogP contribution in [-0.4, -0.2) is 24.1 Å². The van der Waals surface area contributed by atoms with Crippen LogP contribution in [0, 0.1) is 0 Å². The predicted molar refractivity (Wildman–Crippen MR) is 58.8 cm³/mol. The SMILES string of the molecule is FC(F)(F)c1cccc(NC2CCNCC2)n1. The van der Waals surface area contributed by atoms with Crippen molar-refractivity contribution in [2.24, 2.45) is 0 Å². The van der Waals surface area contributed by atoms with Crippen LogP contribution < -0.4 is 10.6 Å². The maximum absolute atomic E-state index is 12.4. The molecule has 1 aliphatic rings. The molecule has 6 heteroatoms. The number of nitrogens with one attached hydrogen (secondary N) is 2. The molecule has 0 bridgehead atoms. The smallest absolute Gasteiger partial charge is 0.367 e. The van der Waals surface area contributed by atoms with Crippen LogP contribution in [0.3, 0.4) is 0 Å². The average molecular weight is 245 g/mol. The summed E-state index contributed by atoms with van der Waals surface area (Å²) in [4.78, 5) is 3.58. The third-order valence-corrected chi connectivity index (χ3v) is 2.73. The van der Waals surface area contributed by atoms with Gasteiger partial charge in [0.05, 0.1) is 0 Å². The van der Waals surface area contributed by atoms with Crippen molar-refractivity contribution in [1.82, 2.24) is 10.3 Å². The van der Waals surface area contributed by atoms with E-state index >= 15 is 0 Å². The monoisotopic (exact) mass is 245 g/mol. The lowest BCUT2D eigenvalue weighted by Crippen LogP contribution is -2.35. The number of hydrogen-bond donors (Lipinski definition) is 2. The molecule has 2 rings (SSSR count). The van der Waals surface area contributed by atoms with Gasteiger partial charge < -0.3 is 10.6 Å². The van der Waals surface area contributed by atoms with Crippen LogP contribution in [0.2, 0.25) is 0 Å². The number of alkyl halides is 3. The molecule has 0 unspecified atom stereocenters. The zero-order chi connectivity index (χ0) is 12.3. The van der Waals surface area contributed by atoms with E-state index in [1.54, 1.807) is 6.07 Å². The number of halogens is 3. The molecule has 1 saturated heterocycles. The van der Waals surface area contributed by atoms with Gasteiger partial charge in [0, 0.05) is 6.04 Å². The van der Waals surface area contributed by atoms with Crippen molar-refractivity contribution in [3.63, 3.8) is 0 Å². The fourth-order valence-corrected chi connectivity index (χ4v) is 1.85. The van der Waals surface area contributed by atoms with E-state index in [1.807, 2.05) is 0 Å². The molecule has 17 heavy (non-hydrogen) atoms. The highest BCUT2D eigenvalue weighted by molar-refractivity contribution is 5.37. The Kier molecular flexibility index (Phi) is 3.51. The number of nitrogens with zero attached hydrogens (tertiary/aromatic N) is 1. The first kappa shape index (κ1) is 12.2. The summed E-state index contributed by atoms with van der Waals surface area (Å²) in [5.41, 5.74) is -0.851. The summed E-state index contributed by atoms with van der Waals surface area (Å²) in [6.07, 6.45) is -2.58. The maximum atomic E-state index is 12.4. The number of hydrogen-bond acceptors (Lipinski definition) is 3. The molecule has 1 aromatic rings. The molecule has 2 N–H and O–H groups in total. The van der Waals surface area contributed by atoms with Crippen LogP contribution in [0.1, 0.15) is 18.5 Å². The topological polar surface area (TPSA) is 37.0 Å². The van der Waals surface area contributed by atoms with Gasteiger partial charge in [-0.2, -0.15) is 13.2 Å². The fourth-order valence-electron chi connectivity index (χ4n) is 1.85. The van der Waals surface area contributed by atoms with E-state index in [4.69, 9.17) is 0 Å². The van der Waals surface area contributed by atoms with Crippen molar-refractivity contribution in [3.05, 3.63) is 23.9 Å². The molecule has 2 heterocycles. The largest absolute Gasteiger partial charge is 0.433 e. The van der Waals surface area contributed by atoms with E-state index in [1.165, 1.54) is 6.07 Å². The van der Waals surface area contributed by atoms with Crippen LogP contribution in [0.5, 0.6) is 0 Å². The van der Waals surface area contributed by atoms with Gasteiger partial charge in [0.1, 0.15) is 11.5 Å². The molecule has 0 spiro atoms. The average Bonchev–Trinajstić information content (AvgIpc) is 2.29. The zero-order valence-corrected chi connectivity index (χ0v) is 9.22. The molecule has 1 aliphatic heterocycles. The third-order valence-electron chi connectivity index (χ3n) is 2.73. The summed E-state index contributed by atoms with van der Waals surface area (Å²) in [5, 5.41) is 6.24. The van der Waals surface area contributed by atoms with Gasteiger partial charge >= 0.3 is 6.18 Å². The first-order valence-corrected chi connectivity index (χ1v) is 5.57. The maximum Gasteiger partial charge on any atom is 0.433 e. The van der Waals surface area contributed by atoms with E-state index < -0.39 is 11.9 Å². The molecule has 0 radical (unpaired) electrons. The van der Waals surface area contributed by atoms with Gasteiger partial charge in [0.15, 0.2) is 0 Å². The highest BCUT2D eigenvalue weighted by Gasteiger charge is 2.32. The molecule has 0 amide bonds. The van der Waals surface area contributed by atoms with Crippen molar-refractivity contribution in [1.29, 1.82) is 0 Å². The summed E-state index contributed by atoms with van der Waals surface area (Å²) in [5.74, 6) is 0.298. The van der Waals surface area contributed by atoms with Crippen molar-refractivity contribution in [3.8, 4) is 0 Å². The van der Waals surface area contributed by atoms with Crippen molar-refractivity contribution in [2.75, 3.05) is 18.4 Å². The molecular formula is C11H14F3N3. The molecule has 3 nitrogen and oxygen atoms in total. The van der Waals surface area contributed by atoms with E-state index in [9.17, 15) is 13.2 Å². The minimum Gasteiger partial charge on any atom is -0.367 e. The lowest BCUT2D eigenvalue weighted by Gasteiger charge is -2.24. The minimum absolute atomic E-state index is 0.201. The lowest BCUT2D eigenvalue weighted by molar-refractivity contribution is -0.141. The molecule has 0 aliphatic carbocycles. The predicted octanol–water partition coefficient (Wildman–Crippen LogP) is 2.26. The molecule has 94 valence electrons. The molecular weight excluding hydrogens is 231 g/mol. The number of rotatable bonds is 2. The van der Waals surface area contributed by atoms with Gasteiger partial charge in [0.25, 0.3) is 0 Å². The summed E-state index contributed by atoms with van der Waals surface area (Å²) < 4.78 is 37.3. The molecule has 0 aromatic carbocycles. The summed E-state index contributed by atoms with van der Waals surface area (Å²) in [7, 11) is 0. The van der Waals surface area contributed by atoms with Crippen LogP contribution in [0.25, 0.3) is 0 Å². The fraction of sp³-hybridized carbons (Fsp3) is 0.545. The van der Waals surface area contributed by atoms with E-state index in [0.717, 1.165) is 32.0 Å². The highest BCUT2D eigenvalue weighted by Crippen LogP contribution is 2.28. The third kappa shape index (κ3) is 3.33. The summed E-state index contributed by atoms with van der Waals surface area (Å²) in [6.45, 7) is 1.77. The lowest BCUT2D eigenvalue weighted by atomic mass is 10.1. The minimum atomic E-state index is -4.38. The van der Waals surface area contributed by atoms with Crippen LogP contribution >= 0.6 is 0 Å². The molecule has 1 fully saturated rings. The first-order valence-electron chi connectivity index (χ1n) is 5.57. The van der Waals surface area contributed by atoms with Gasteiger partial charge in [-0.15, -0.1) is 0 Å². The normalized spacial score (nSPS) is 18.1. The molecule has 1 aromatic heterocycles. The van der Waals surface area contributed by atoms with Crippen LogP contribution in [0.4, 0.5) is 19.0 Å². The number of aromatic nitrogens is 1. The number of anilines is 1. The first-order chi connectivity index (χ1) is 8.05. The van der Waals surface area contributed by atoms with Gasteiger partial charge in [-0.25, -0.2) is 4.98 Å². The second-order valence-electron chi connectivity index (χ2n) is 4.07. The van der Waals surface area contributed by atoms with E-state index in [-0.39, 0.29) is 6.04 Å².